The largest absolute Gasteiger partial charge is 0.480 e. The second kappa shape index (κ2) is 8.39. The van der Waals surface area contributed by atoms with Gasteiger partial charge in [-0.3, -0.25) is 4.79 Å². The second-order valence-electron chi connectivity index (χ2n) is 5.24. The SMILES string of the molecule is CCCC(C)(C)NC(=O)N[C@@H](CCC(=O)OC)C(=O)O. The van der Waals surface area contributed by atoms with Crippen LogP contribution in [0.2, 0.25) is 0 Å². The van der Waals surface area contributed by atoms with Crippen molar-refractivity contribution in [1.29, 1.82) is 0 Å². The van der Waals surface area contributed by atoms with E-state index in [1.807, 2.05) is 20.8 Å². The molecule has 7 heteroatoms. The maximum Gasteiger partial charge on any atom is 0.326 e. The van der Waals surface area contributed by atoms with E-state index in [1.165, 1.54) is 7.11 Å². The van der Waals surface area contributed by atoms with E-state index in [2.05, 4.69) is 15.4 Å². The average molecular weight is 288 g/mol. The van der Waals surface area contributed by atoms with Crippen molar-refractivity contribution in [1.82, 2.24) is 10.6 Å². The summed E-state index contributed by atoms with van der Waals surface area (Å²) in [7, 11) is 1.23. The number of aliphatic carboxylic acids is 1. The Bertz CT molecular complexity index is 355. The van der Waals surface area contributed by atoms with Crippen molar-refractivity contribution >= 4 is 18.0 Å². The predicted molar refractivity (Wildman–Crippen MR) is 73.3 cm³/mol. The smallest absolute Gasteiger partial charge is 0.326 e. The summed E-state index contributed by atoms with van der Waals surface area (Å²) in [6.45, 7) is 5.72. The van der Waals surface area contributed by atoms with Gasteiger partial charge in [0.25, 0.3) is 0 Å². The Kier molecular flexibility index (Phi) is 7.64. The Balaban J connectivity index is 4.41. The fourth-order valence-electron chi connectivity index (χ4n) is 1.81. The van der Waals surface area contributed by atoms with Crippen LogP contribution in [0.1, 0.15) is 46.5 Å². The Morgan fingerprint density at radius 3 is 2.35 bits per heavy atom. The zero-order chi connectivity index (χ0) is 15.8. The molecular formula is C13H24N2O5. The molecule has 0 saturated heterocycles. The van der Waals surface area contributed by atoms with Gasteiger partial charge in [-0.15, -0.1) is 0 Å². The van der Waals surface area contributed by atoms with Gasteiger partial charge in [0.15, 0.2) is 0 Å². The van der Waals surface area contributed by atoms with Crippen LogP contribution in [-0.2, 0) is 14.3 Å². The molecule has 7 nitrogen and oxygen atoms in total. The molecule has 0 saturated carbocycles. The molecule has 0 aliphatic heterocycles. The van der Waals surface area contributed by atoms with Gasteiger partial charge < -0.3 is 20.5 Å². The van der Waals surface area contributed by atoms with Gasteiger partial charge in [-0.2, -0.15) is 0 Å². The van der Waals surface area contributed by atoms with Crippen LogP contribution >= 0.6 is 0 Å². The van der Waals surface area contributed by atoms with Crippen molar-refractivity contribution in [2.45, 2.75) is 58.0 Å². The monoisotopic (exact) mass is 288 g/mol. The Morgan fingerprint density at radius 1 is 1.30 bits per heavy atom. The Labute approximate surface area is 119 Å². The first-order valence-electron chi connectivity index (χ1n) is 6.60. The van der Waals surface area contributed by atoms with E-state index < -0.39 is 29.6 Å². The van der Waals surface area contributed by atoms with Crippen molar-refractivity contribution in [2.75, 3.05) is 7.11 Å². The van der Waals surface area contributed by atoms with E-state index in [0.717, 1.165) is 12.8 Å². The van der Waals surface area contributed by atoms with Crippen LogP contribution in [0.3, 0.4) is 0 Å². The van der Waals surface area contributed by atoms with Crippen molar-refractivity contribution < 1.29 is 24.2 Å². The number of hydrogen-bond donors (Lipinski definition) is 3. The molecule has 0 rings (SSSR count). The fourth-order valence-corrected chi connectivity index (χ4v) is 1.81. The fraction of sp³-hybridized carbons (Fsp3) is 0.769. The summed E-state index contributed by atoms with van der Waals surface area (Å²) in [5, 5.41) is 14.1. The molecule has 0 aliphatic rings. The summed E-state index contributed by atoms with van der Waals surface area (Å²) in [6, 6.07) is -1.67. The second-order valence-corrected chi connectivity index (χ2v) is 5.24. The topological polar surface area (TPSA) is 105 Å². The average Bonchev–Trinajstić information content (AvgIpc) is 2.32. The third kappa shape index (κ3) is 7.60. The number of carbonyl (C=O) groups excluding carboxylic acids is 2. The standard InChI is InChI=1S/C13H24N2O5/c1-5-8-13(2,3)15-12(19)14-9(11(17)18)6-7-10(16)20-4/h9H,5-8H2,1-4H3,(H,17,18)(H2,14,15,19)/t9-/m0/s1. The summed E-state index contributed by atoms with van der Waals surface area (Å²) in [6.07, 6.45) is 1.61. The van der Waals surface area contributed by atoms with E-state index in [4.69, 9.17) is 5.11 Å². The van der Waals surface area contributed by atoms with E-state index in [-0.39, 0.29) is 12.8 Å². The van der Waals surface area contributed by atoms with Crippen molar-refractivity contribution in [3.05, 3.63) is 0 Å². The molecule has 3 N–H and O–H groups in total. The van der Waals surface area contributed by atoms with Gasteiger partial charge in [0.1, 0.15) is 6.04 Å². The first-order chi connectivity index (χ1) is 9.21. The summed E-state index contributed by atoms with van der Waals surface area (Å²) in [5.74, 6) is -1.69. The van der Waals surface area contributed by atoms with E-state index >= 15 is 0 Å². The minimum Gasteiger partial charge on any atom is -0.480 e. The molecule has 0 spiro atoms. The number of urea groups is 1. The molecule has 0 fully saturated rings. The van der Waals surface area contributed by atoms with Gasteiger partial charge in [0.05, 0.1) is 7.11 Å². The number of esters is 1. The highest BCUT2D eigenvalue weighted by Crippen LogP contribution is 2.10. The van der Waals surface area contributed by atoms with Crippen LogP contribution < -0.4 is 10.6 Å². The zero-order valence-electron chi connectivity index (χ0n) is 12.5. The van der Waals surface area contributed by atoms with Crippen LogP contribution in [-0.4, -0.2) is 41.8 Å². The third-order valence-electron chi connectivity index (χ3n) is 2.80. The lowest BCUT2D eigenvalue weighted by atomic mass is 9.99. The van der Waals surface area contributed by atoms with E-state index in [0.29, 0.717) is 0 Å². The Hall–Kier alpha value is -1.79. The molecule has 20 heavy (non-hydrogen) atoms. The highest BCUT2D eigenvalue weighted by Gasteiger charge is 2.24. The maximum atomic E-state index is 11.8. The van der Waals surface area contributed by atoms with Gasteiger partial charge in [0.2, 0.25) is 0 Å². The maximum absolute atomic E-state index is 11.8. The number of carboxylic acid groups (broad SMARTS) is 1. The summed E-state index contributed by atoms with van der Waals surface area (Å²) in [5.41, 5.74) is -0.412. The molecule has 0 bridgehead atoms. The normalized spacial score (nSPS) is 12.4. The quantitative estimate of drug-likeness (QED) is 0.583. The minimum atomic E-state index is -1.18. The number of carboxylic acids is 1. The lowest BCUT2D eigenvalue weighted by molar-refractivity contribution is -0.142. The lowest BCUT2D eigenvalue weighted by Crippen LogP contribution is -2.52. The highest BCUT2D eigenvalue weighted by atomic mass is 16.5. The van der Waals surface area contributed by atoms with Crippen molar-refractivity contribution in [3.8, 4) is 0 Å². The van der Waals surface area contributed by atoms with Gasteiger partial charge in [-0.1, -0.05) is 13.3 Å². The number of amides is 2. The van der Waals surface area contributed by atoms with Gasteiger partial charge >= 0.3 is 18.0 Å². The number of methoxy groups -OCH3 is 1. The number of carbonyl (C=O) groups is 3. The van der Waals surface area contributed by atoms with Crippen molar-refractivity contribution in [2.24, 2.45) is 0 Å². The number of nitrogens with one attached hydrogen (secondary N) is 2. The van der Waals surface area contributed by atoms with Crippen LogP contribution in [0, 0.1) is 0 Å². The lowest BCUT2D eigenvalue weighted by Gasteiger charge is -2.27. The molecule has 0 aromatic rings. The van der Waals surface area contributed by atoms with Crippen LogP contribution in [0.25, 0.3) is 0 Å². The molecular weight excluding hydrogens is 264 g/mol. The molecule has 1 atom stereocenters. The van der Waals surface area contributed by atoms with Crippen LogP contribution in [0.15, 0.2) is 0 Å². The molecule has 0 aromatic carbocycles. The number of rotatable bonds is 8. The first-order valence-corrected chi connectivity index (χ1v) is 6.60. The molecule has 116 valence electrons. The van der Waals surface area contributed by atoms with Gasteiger partial charge in [0, 0.05) is 12.0 Å². The highest BCUT2D eigenvalue weighted by molar-refractivity contribution is 5.83. The minimum absolute atomic E-state index is 0.0103. The Morgan fingerprint density at radius 2 is 1.90 bits per heavy atom. The van der Waals surface area contributed by atoms with E-state index in [9.17, 15) is 14.4 Å². The molecule has 0 heterocycles. The zero-order valence-corrected chi connectivity index (χ0v) is 12.5. The summed E-state index contributed by atoms with van der Waals surface area (Å²) >= 11 is 0. The molecule has 0 unspecified atom stereocenters. The van der Waals surface area contributed by atoms with Crippen molar-refractivity contribution in [3.63, 3.8) is 0 Å². The molecule has 0 aliphatic carbocycles. The first kappa shape index (κ1) is 18.2. The van der Waals surface area contributed by atoms with Gasteiger partial charge in [-0.25, -0.2) is 9.59 Å². The van der Waals surface area contributed by atoms with E-state index in [1.54, 1.807) is 0 Å². The molecule has 0 radical (unpaired) electrons. The number of hydrogen-bond acceptors (Lipinski definition) is 4. The number of ether oxygens (including phenoxy) is 1. The van der Waals surface area contributed by atoms with Crippen LogP contribution in [0.4, 0.5) is 4.79 Å². The summed E-state index contributed by atoms with van der Waals surface area (Å²) < 4.78 is 4.44. The molecule has 0 aromatic heterocycles. The summed E-state index contributed by atoms with van der Waals surface area (Å²) in [4.78, 5) is 33.8. The van der Waals surface area contributed by atoms with Crippen LogP contribution in [0.5, 0.6) is 0 Å². The molecule has 2 amide bonds. The predicted octanol–water partition coefficient (Wildman–Crippen LogP) is 1.27. The third-order valence-corrected chi connectivity index (χ3v) is 2.80. The van der Waals surface area contributed by atoms with Gasteiger partial charge in [-0.05, 0) is 26.7 Å².